The van der Waals surface area contributed by atoms with Crippen LogP contribution in [0.1, 0.15) is 22.3 Å². The molecular formula is C56H48N2O4. The van der Waals surface area contributed by atoms with Crippen LogP contribution in [0.25, 0.3) is 35.4 Å². The predicted molar refractivity (Wildman–Crippen MR) is 258 cm³/mol. The van der Waals surface area contributed by atoms with Gasteiger partial charge in [0.25, 0.3) is 0 Å². The van der Waals surface area contributed by atoms with Gasteiger partial charge in [0.2, 0.25) is 0 Å². The van der Waals surface area contributed by atoms with E-state index in [9.17, 15) is 0 Å². The molecule has 0 saturated carbocycles. The second-order valence-electron chi connectivity index (χ2n) is 14.5. The topological polar surface area (TPSA) is 43.4 Å². The van der Waals surface area contributed by atoms with Crippen molar-refractivity contribution in [2.45, 2.75) is 0 Å². The number of anilines is 6. The van der Waals surface area contributed by atoms with Crippen LogP contribution in [-0.2, 0) is 0 Å². The lowest BCUT2D eigenvalue weighted by Crippen LogP contribution is -2.09. The van der Waals surface area contributed by atoms with Crippen molar-refractivity contribution in [1.82, 2.24) is 0 Å². The molecule has 6 heteroatoms. The fourth-order valence-electron chi connectivity index (χ4n) is 7.45. The Labute approximate surface area is 364 Å². The van der Waals surface area contributed by atoms with Crippen LogP contribution in [0.4, 0.5) is 34.1 Å². The largest absolute Gasteiger partial charge is 0.497 e. The Hall–Kier alpha value is -7.96. The lowest BCUT2D eigenvalue weighted by Gasteiger charge is -2.25. The molecule has 0 bridgehead atoms. The third-order valence-corrected chi connectivity index (χ3v) is 10.7. The van der Waals surface area contributed by atoms with E-state index in [1.165, 1.54) is 0 Å². The number of hydrogen-bond acceptors (Lipinski definition) is 6. The van der Waals surface area contributed by atoms with Crippen LogP contribution in [0.2, 0.25) is 0 Å². The van der Waals surface area contributed by atoms with Gasteiger partial charge in [0.15, 0.2) is 0 Å². The van der Waals surface area contributed by atoms with Crippen LogP contribution in [0.15, 0.2) is 194 Å². The van der Waals surface area contributed by atoms with Crippen LogP contribution in [0, 0.1) is 0 Å². The zero-order valence-corrected chi connectivity index (χ0v) is 35.3. The summed E-state index contributed by atoms with van der Waals surface area (Å²) in [6.45, 7) is 0. The second kappa shape index (κ2) is 19.4. The summed E-state index contributed by atoms with van der Waals surface area (Å²) in [6, 6.07) is 66.5. The smallest absolute Gasteiger partial charge is 0.126 e. The van der Waals surface area contributed by atoms with E-state index in [0.29, 0.717) is 0 Å². The zero-order valence-electron chi connectivity index (χ0n) is 35.3. The first-order valence-corrected chi connectivity index (χ1v) is 20.4. The van der Waals surface area contributed by atoms with Crippen molar-refractivity contribution < 1.29 is 18.9 Å². The van der Waals surface area contributed by atoms with Gasteiger partial charge in [0.1, 0.15) is 23.0 Å². The number of hydrogen-bond donors (Lipinski definition) is 0. The number of nitrogens with zero attached hydrogens (tertiary/aromatic N) is 2. The van der Waals surface area contributed by atoms with E-state index in [4.69, 9.17) is 18.9 Å². The molecule has 0 aliphatic carbocycles. The summed E-state index contributed by atoms with van der Waals surface area (Å²) in [6.07, 6.45) is 8.40. The fourth-order valence-corrected chi connectivity index (χ4v) is 7.45. The van der Waals surface area contributed by atoms with Crippen molar-refractivity contribution >= 4 is 58.4 Å². The molecule has 0 amide bonds. The number of benzene rings is 8. The van der Waals surface area contributed by atoms with Crippen LogP contribution >= 0.6 is 0 Å². The van der Waals surface area contributed by atoms with E-state index in [0.717, 1.165) is 90.5 Å². The van der Waals surface area contributed by atoms with Gasteiger partial charge in [-0.15, -0.1) is 0 Å². The maximum Gasteiger partial charge on any atom is 0.126 e. The third kappa shape index (κ3) is 9.41. The molecule has 306 valence electrons. The van der Waals surface area contributed by atoms with Gasteiger partial charge in [-0.25, -0.2) is 0 Å². The Morgan fingerprint density at radius 2 is 0.677 bits per heavy atom. The summed E-state index contributed by atoms with van der Waals surface area (Å²) in [4.78, 5) is 4.44. The first-order valence-electron chi connectivity index (χ1n) is 20.4. The van der Waals surface area contributed by atoms with Crippen molar-refractivity contribution in [3.05, 3.63) is 216 Å². The fraction of sp³-hybridized carbons (Fsp3) is 0.0714. The van der Waals surface area contributed by atoms with Crippen LogP contribution in [0.3, 0.4) is 0 Å². The summed E-state index contributed by atoms with van der Waals surface area (Å²) < 4.78 is 22.9. The van der Waals surface area contributed by atoms with Crippen molar-refractivity contribution in [2.75, 3.05) is 38.2 Å². The van der Waals surface area contributed by atoms with Gasteiger partial charge in [-0.1, -0.05) is 121 Å². The van der Waals surface area contributed by atoms with Gasteiger partial charge in [0, 0.05) is 57.4 Å². The van der Waals surface area contributed by atoms with Crippen molar-refractivity contribution in [3.8, 4) is 34.1 Å². The molecule has 0 aliphatic rings. The molecule has 0 atom stereocenters. The molecule has 62 heavy (non-hydrogen) atoms. The number of para-hydroxylation sites is 2. The van der Waals surface area contributed by atoms with E-state index in [1.54, 1.807) is 28.4 Å². The Morgan fingerprint density at radius 1 is 0.306 bits per heavy atom. The molecule has 8 aromatic rings. The lowest BCUT2D eigenvalue weighted by atomic mass is 10.00. The van der Waals surface area contributed by atoms with E-state index in [1.807, 2.05) is 48.5 Å². The molecule has 0 spiro atoms. The van der Waals surface area contributed by atoms with E-state index in [2.05, 4.69) is 180 Å². The maximum absolute atomic E-state index is 5.90. The molecule has 0 saturated heterocycles. The SMILES string of the molecule is COc1cccc(N(c2ccccc2)c2ccc(C=Cc3ccc(-c4ccc(C=Cc5ccc(N(c6ccccc6)c6cccc(OC)c6)cc5)c(OC)c4)cc3OC)cc2)c1. The average molecular weight is 813 g/mol. The second-order valence-corrected chi connectivity index (χ2v) is 14.5. The van der Waals surface area contributed by atoms with Gasteiger partial charge in [-0.05, 0) is 107 Å². The minimum Gasteiger partial charge on any atom is -0.497 e. The Kier molecular flexibility index (Phi) is 12.8. The third-order valence-electron chi connectivity index (χ3n) is 10.7. The highest BCUT2D eigenvalue weighted by Gasteiger charge is 2.15. The summed E-state index contributed by atoms with van der Waals surface area (Å²) >= 11 is 0. The number of methoxy groups -OCH3 is 4. The molecule has 8 aromatic carbocycles. The Bertz CT molecular complexity index is 2590. The number of ether oxygens (including phenoxy) is 4. The van der Waals surface area contributed by atoms with Gasteiger partial charge < -0.3 is 28.7 Å². The molecule has 6 nitrogen and oxygen atoms in total. The molecular weight excluding hydrogens is 765 g/mol. The van der Waals surface area contributed by atoms with Gasteiger partial charge in [-0.2, -0.15) is 0 Å². The van der Waals surface area contributed by atoms with Crippen molar-refractivity contribution in [1.29, 1.82) is 0 Å². The van der Waals surface area contributed by atoms with Gasteiger partial charge >= 0.3 is 0 Å². The molecule has 0 fully saturated rings. The molecule has 8 rings (SSSR count). The summed E-state index contributed by atoms with van der Waals surface area (Å²) in [5.74, 6) is 3.19. The summed E-state index contributed by atoms with van der Waals surface area (Å²) in [7, 11) is 6.80. The summed E-state index contributed by atoms with van der Waals surface area (Å²) in [5, 5.41) is 0. The van der Waals surface area contributed by atoms with Crippen molar-refractivity contribution in [3.63, 3.8) is 0 Å². The van der Waals surface area contributed by atoms with Crippen LogP contribution in [0.5, 0.6) is 23.0 Å². The predicted octanol–water partition coefficient (Wildman–Crippen LogP) is 14.7. The summed E-state index contributed by atoms with van der Waals surface area (Å²) in [5.41, 5.74) is 12.4. The Balaban J connectivity index is 0.976. The highest BCUT2D eigenvalue weighted by atomic mass is 16.5. The lowest BCUT2D eigenvalue weighted by molar-refractivity contribution is 0.413. The number of rotatable bonds is 15. The molecule has 0 aliphatic heterocycles. The highest BCUT2D eigenvalue weighted by Crippen LogP contribution is 2.38. The van der Waals surface area contributed by atoms with E-state index >= 15 is 0 Å². The minimum absolute atomic E-state index is 0.785. The first-order chi connectivity index (χ1) is 30.5. The van der Waals surface area contributed by atoms with E-state index < -0.39 is 0 Å². The van der Waals surface area contributed by atoms with Crippen LogP contribution in [-0.4, -0.2) is 28.4 Å². The standard InChI is InChI=1S/C56H48N2O4/c1-59-53-19-11-17-51(39-53)57(47-13-7-5-8-14-47)49-33-23-41(24-34-49)21-27-43-29-31-45(37-55(43)61-3)46-32-30-44(56(38-46)62-4)28-22-42-25-35-50(36-26-42)58(48-15-9-6-10-16-48)52-18-12-20-54(40-52)60-2/h5-40H,1-4H3. The van der Waals surface area contributed by atoms with Crippen LogP contribution < -0.4 is 28.7 Å². The Morgan fingerprint density at radius 3 is 1.05 bits per heavy atom. The molecule has 0 radical (unpaired) electrons. The average Bonchev–Trinajstić information content (AvgIpc) is 3.34. The minimum atomic E-state index is 0.785. The molecule has 0 N–H and O–H groups in total. The quantitative estimate of drug-likeness (QED) is 0.0961. The van der Waals surface area contributed by atoms with E-state index in [-0.39, 0.29) is 0 Å². The highest BCUT2D eigenvalue weighted by molar-refractivity contribution is 5.82. The van der Waals surface area contributed by atoms with Crippen molar-refractivity contribution in [2.24, 2.45) is 0 Å². The zero-order chi connectivity index (χ0) is 42.7. The normalized spacial score (nSPS) is 11.1. The van der Waals surface area contributed by atoms with Gasteiger partial charge in [0.05, 0.1) is 28.4 Å². The molecule has 0 heterocycles. The first kappa shape index (κ1) is 40.8. The molecule has 0 aromatic heterocycles. The maximum atomic E-state index is 5.90. The monoisotopic (exact) mass is 812 g/mol. The molecule has 0 unspecified atom stereocenters. The van der Waals surface area contributed by atoms with Gasteiger partial charge in [-0.3, -0.25) is 0 Å².